The number of hydrogen-bond donors (Lipinski definition) is 2. The molecule has 4 N–H and O–H groups in total. The van der Waals surface area contributed by atoms with Crippen LogP contribution in [0.3, 0.4) is 0 Å². The first kappa shape index (κ1) is 15.5. The van der Waals surface area contributed by atoms with Crippen molar-refractivity contribution in [3.63, 3.8) is 0 Å². The predicted molar refractivity (Wildman–Crippen MR) is 70.5 cm³/mol. The zero-order valence-electron chi connectivity index (χ0n) is 9.20. The molecule has 0 spiro atoms. The van der Waals surface area contributed by atoms with Crippen LogP contribution in [0.25, 0.3) is 0 Å². The highest BCUT2D eigenvalue weighted by Crippen LogP contribution is 2.36. The second-order valence-electron chi connectivity index (χ2n) is 3.08. The summed E-state index contributed by atoms with van der Waals surface area (Å²) in [7, 11) is 3.19. The molecule has 1 aromatic carbocycles. The predicted octanol–water partition coefficient (Wildman–Crippen LogP) is 1.85. The Kier molecular flexibility index (Phi) is 6.74. The van der Waals surface area contributed by atoms with Gasteiger partial charge >= 0.3 is 0 Å². The quantitative estimate of drug-likeness (QED) is 0.890. The summed E-state index contributed by atoms with van der Waals surface area (Å²) in [6.45, 7) is 0.383. The van der Waals surface area contributed by atoms with Gasteiger partial charge in [-0.3, -0.25) is 0 Å². The lowest BCUT2D eigenvalue weighted by Crippen LogP contribution is -2.20. The van der Waals surface area contributed by atoms with E-state index in [1.54, 1.807) is 14.2 Å². The van der Waals surface area contributed by atoms with E-state index in [0.717, 1.165) is 10.0 Å². The summed E-state index contributed by atoms with van der Waals surface area (Å²) in [6.07, 6.45) is 0. The number of benzene rings is 1. The Morgan fingerprint density at radius 2 is 1.69 bits per heavy atom. The molecule has 16 heavy (non-hydrogen) atoms. The third kappa shape index (κ3) is 3.25. The summed E-state index contributed by atoms with van der Waals surface area (Å²) in [5, 5.41) is 0. The lowest BCUT2D eigenvalue weighted by molar-refractivity contribution is 0.388. The van der Waals surface area contributed by atoms with E-state index in [1.807, 2.05) is 12.1 Å². The summed E-state index contributed by atoms with van der Waals surface area (Å²) < 4.78 is 11.2. The van der Waals surface area contributed by atoms with Crippen LogP contribution in [0.2, 0.25) is 0 Å². The third-order valence-corrected chi connectivity index (χ3v) is 2.93. The molecule has 4 nitrogen and oxygen atoms in total. The smallest absolute Gasteiger partial charge is 0.137 e. The van der Waals surface area contributed by atoms with Crippen LogP contribution in [0.1, 0.15) is 11.6 Å². The molecule has 0 saturated heterocycles. The highest BCUT2D eigenvalue weighted by atomic mass is 79.9. The zero-order chi connectivity index (χ0) is 11.4. The molecule has 1 aromatic rings. The van der Waals surface area contributed by atoms with Gasteiger partial charge in [0.2, 0.25) is 0 Å². The van der Waals surface area contributed by atoms with Crippen molar-refractivity contribution in [2.75, 3.05) is 20.8 Å². The van der Waals surface area contributed by atoms with E-state index in [1.165, 1.54) is 0 Å². The van der Waals surface area contributed by atoms with Crippen LogP contribution in [0, 0.1) is 0 Å². The number of halogens is 2. The van der Waals surface area contributed by atoms with Crippen molar-refractivity contribution in [3.8, 4) is 11.5 Å². The first-order chi connectivity index (χ1) is 7.13. The molecule has 0 aliphatic carbocycles. The summed E-state index contributed by atoms with van der Waals surface area (Å²) in [6, 6.07) is 3.50. The minimum absolute atomic E-state index is 0. The molecular weight excluding hydrogens is 295 g/mol. The molecule has 0 aliphatic heterocycles. The molecule has 0 heterocycles. The second-order valence-corrected chi connectivity index (χ2v) is 3.87. The van der Waals surface area contributed by atoms with Crippen LogP contribution in [0.5, 0.6) is 11.5 Å². The molecule has 0 saturated carbocycles. The first-order valence-corrected chi connectivity index (χ1v) is 5.30. The average molecular weight is 312 g/mol. The number of methoxy groups -OCH3 is 2. The van der Waals surface area contributed by atoms with E-state index in [2.05, 4.69) is 15.9 Å². The fourth-order valence-corrected chi connectivity index (χ4v) is 1.79. The molecule has 92 valence electrons. The maximum atomic E-state index is 5.84. The first-order valence-electron chi connectivity index (χ1n) is 4.51. The van der Waals surface area contributed by atoms with Gasteiger partial charge < -0.3 is 20.9 Å². The lowest BCUT2D eigenvalue weighted by Gasteiger charge is -2.14. The van der Waals surface area contributed by atoms with E-state index in [0.29, 0.717) is 18.0 Å². The molecule has 0 amide bonds. The van der Waals surface area contributed by atoms with Crippen LogP contribution < -0.4 is 20.9 Å². The van der Waals surface area contributed by atoms with E-state index in [4.69, 9.17) is 20.9 Å². The average Bonchev–Trinajstić information content (AvgIpc) is 2.28. The molecule has 1 rings (SSSR count). The van der Waals surface area contributed by atoms with E-state index in [-0.39, 0.29) is 18.4 Å². The molecule has 0 fully saturated rings. The number of hydrogen-bond acceptors (Lipinski definition) is 4. The third-order valence-electron chi connectivity index (χ3n) is 2.15. The highest BCUT2D eigenvalue weighted by Gasteiger charge is 2.13. The molecule has 0 radical (unpaired) electrons. The van der Waals surface area contributed by atoms with Crippen LogP contribution in [-0.2, 0) is 0 Å². The van der Waals surface area contributed by atoms with Gasteiger partial charge in [0.05, 0.1) is 14.2 Å². The van der Waals surface area contributed by atoms with Gasteiger partial charge in [0.1, 0.15) is 16.0 Å². The highest BCUT2D eigenvalue weighted by molar-refractivity contribution is 9.10. The van der Waals surface area contributed by atoms with E-state index < -0.39 is 0 Å². The van der Waals surface area contributed by atoms with Crippen molar-refractivity contribution in [3.05, 3.63) is 22.2 Å². The maximum absolute atomic E-state index is 5.84. The molecule has 0 aromatic heterocycles. The number of ether oxygens (including phenoxy) is 2. The second kappa shape index (κ2) is 6.96. The van der Waals surface area contributed by atoms with Gasteiger partial charge in [-0.2, -0.15) is 0 Å². The summed E-state index contributed by atoms with van der Waals surface area (Å²) in [5.74, 6) is 1.38. The Bertz CT molecular complexity index is 325. The molecule has 0 bridgehead atoms. The van der Waals surface area contributed by atoms with Gasteiger partial charge in [0.15, 0.2) is 0 Å². The molecule has 0 aliphatic rings. The van der Waals surface area contributed by atoms with E-state index in [9.17, 15) is 0 Å². The number of rotatable bonds is 4. The minimum Gasteiger partial charge on any atom is -0.495 e. The van der Waals surface area contributed by atoms with Crippen LogP contribution in [0.4, 0.5) is 0 Å². The van der Waals surface area contributed by atoms with Crippen LogP contribution in [0.15, 0.2) is 16.6 Å². The van der Waals surface area contributed by atoms with Crippen molar-refractivity contribution in [2.45, 2.75) is 6.04 Å². The van der Waals surface area contributed by atoms with Crippen LogP contribution >= 0.6 is 28.3 Å². The van der Waals surface area contributed by atoms with Gasteiger partial charge in [-0.1, -0.05) is 0 Å². The minimum atomic E-state index is -0.208. The molecule has 0 unspecified atom stereocenters. The molecule has 1 atom stereocenters. The van der Waals surface area contributed by atoms with Crippen molar-refractivity contribution in [2.24, 2.45) is 11.5 Å². The van der Waals surface area contributed by atoms with Crippen molar-refractivity contribution < 1.29 is 9.47 Å². The van der Waals surface area contributed by atoms with Gasteiger partial charge in [0, 0.05) is 12.6 Å². The Morgan fingerprint density at radius 3 is 2.00 bits per heavy atom. The molecule has 6 heteroatoms. The normalized spacial score (nSPS) is 11.6. The summed E-state index contributed by atoms with van der Waals surface area (Å²) in [4.78, 5) is 0. The van der Waals surface area contributed by atoms with Gasteiger partial charge in [-0.05, 0) is 33.6 Å². The molecular formula is C10H16BrClN2O2. The lowest BCUT2D eigenvalue weighted by atomic mass is 10.1. The number of nitrogens with two attached hydrogens (primary N) is 2. The standard InChI is InChI=1S/C10H15BrN2O2.ClH/c1-14-8-3-6(7(13)5-12)4-9(15-2)10(8)11;/h3-4,7H,5,12-13H2,1-2H3;1H/t7-;/m0./s1. The fourth-order valence-electron chi connectivity index (χ4n) is 1.24. The SMILES string of the molecule is COc1cc([C@@H](N)CN)cc(OC)c1Br.Cl. The van der Waals surface area contributed by atoms with E-state index >= 15 is 0 Å². The fraction of sp³-hybridized carbons (Fsp3) is 0.400. The topological polar surface area (TPSA) is 70.5 Å². The monoisotopic (exact) mass is 310 g/mol. The van der Waals surface area contributed by atoms with Gasteiger partial charge in [-0.25, -0.2) is 0 Å². The Labute approximate surface area is 110 Å². The van der Waals surface area contributed by atoms with Crippen LogP contribution in [-0.4, -0.2) is 20.8 Å². The van der Waals surface area contributed by atoms with Gasteiger partial charge in [-0.15, -0.1) is 12.4 Å². The maximum Gasteiger partial charge on any atom is 0.137 e. The Balaban J connectivity index is 0.00000225. The van der Waals surface area contributed by atoms with Crippen molar-refractivity contribution in [1.29, 1.82) is 0 Å². The van der Waals surface area contributed by atoms with Crippen molar-refractivity contribution >= 4 is 28.3 Å². The van der Waals surface area contributed by atoms with Crippen molar-refractivity contribution in [1.82, 2.24) is 0 Å². The summed E-state index contributed by atoms with van der Waals surface area (Å²) in [5.41, 5.74) is 12.2. The zero-order valence-corrected chi connectivity index (χ0v) is 11.6. The largest absolute Gasteiger partial charge is 0.495 e. The Morgan fingerprint density at radius 1 is 1.25 bits per heavy atom. The summed E-state index contributed by atoms with van der Waals surface area (Å²) >= 11 is 3.38. The Hall–Kier alpha value is -0.490. The van der Waals surface area contributed by atoms with Gasteiger partial charge in [0.25, 0.3) is 0 Å².